The Hall–Kier alpha value is -3.49. The van der Waals surface area contributed by atoms with E-state index in [1.165, 1.54) is 18.0 Å². The van der Waals surface area contributed by atoms with Gasteiger partial charge in [-0.15, -0.1) is 0 Å². The molecule has 0 saturated carbocycles. The molecule has 10 heteroatoms. The van der Waals surface area contributed by atoms with Gasteiger partial charge in [0.1, 0.15) is 29.7 Å². The van der Waals surface area contributed by atoms with Crippen LogP contribution in [0.2, 0.25) is 10.3 Å². The Morgan fingerprint density at radius 1 is 0.793 bits per heavy atom. The van der Waals surface area contributed by atoms with Gasteiger partial charge in [0, 0.05) is 5.56 Å². The topological polar surface area (TPSA) is 132 Å². The number of hydrogen-bond acceptors (Lipinski definition) is 7. The van der Waals surface area contributed by atoms with Crippen LogP contribution in [-0.4, -0.2) is 29.9 Å². The van der Waals surface area contributed by atoms with Crippen LogP contribution >= 0.6 is 23.2 Å². The largest absolute Gasteiger partial charge is 0.393 e. The molecule has 0 amide bonds. The van der Waals surface area contributed by atoms with Crippen molar-refractivity contribution in [2.75, 3.05) is 11.5 Å². The molecule has 3 aromatic heterocycles. The maximum absolute atomic E-state index is 6.05. The zero-order valence-corrected chi connectivity index (χ0v) is 16.4. The monoisotopic (exact) mass is 424 g/mol. The molecule has 0 spiro atoms. The number of rotatable bonds is 1. The van der Waals surface area contributed by atoms with E-state index in [-0.39, 0.29) is 16.7 Å². The summed E-state index contributed by atoms with van der Waals surface area (Å²) in [6.45, 7) is 0. The predicted octanol–water partition coefficient (Wildman–Crippen LogP) is 4.12. The van der Waals surface area contributed by atoms with E-state index in [9.17, 15) is 0 Å². The molecule has 0 bridgehead atoms. The number of hydrogen-bond donors (Lipinski definition) is 3. The number of nitrogens with one attached hydrogen (secondary N) is 1. The molecule has 29 heavy (non-hydrogen) atoms. The van der Waals surface area contributed by atoms with Gasteiger partial charge in [0.25, 0.3) is 0 Å². The van der Waals surface area contributed by atoms with Crippen LogP contribution < -0.4 is 11.5 Å². The Balaban J connectivity index is 0.000000192. The van der Waals surface area contributed by atoms with Crippen molar-refractivity contribution in [2.45, 2.75) is 0 Å². The number of fused-ring (bicyclic) bond motifs is 2. The van der Waals surface area contributed by atoms with Gasteiger partial charge in [-0.2, -0.15) is 0 Å². The Labute approximate surface area is 175 Å². The fraction of sp³-hybridized carbons (Fsp3) is 0. The van der Waals surface area contributed by atoms with Crippen LogP contribution in [0.15, 0.2) is 55.1 Å². The fourth-order valence-corrected chi connectivity index (χ4v) is 3.06. The molecule has 5 aromatic rings. The van der Waals surface area contributed by atoms with Gasteiger partial charge in [-0.05, 0) is 10.8 Å². The minimum atomic E-state index is 0.197. The lowest BCUT2D eigenvalue weighted by Gasteiger charge is -2.02. The summed E-state index contributed by atoms with van der Waals surface area (Å²) in [5.41, 5.74) is 13.1. The minimum Gasteiger partial charge on any atom is -0.393 e. The molecule has 5 N–H and O–H groups in total. The maximum Gasteiger partial charge on any atom is 0.182 e. The second-order valence-corrected chi connectivity index (χ2v) is 6.65. The van der Waals surface area contributed by atoms with Gasteiger partial charge in [-0.3, -0.25) is 0 Å². The summed E-state index contributed by atoms with van der Waals surface area (Å²) in [5.74, 6) is 0.967. The normalized spacial score (nSPS) is 10.7. The van der Waals surface area contributed by atoms with E-state index in [4.69, 9.17) is 34.7 Å². The summed E-state index contributed by atoms with van der Waals surface area (Å²) in [7, 11) is 0. The summed E-state index contributed by atoms with van der Waals surface area (Å²) in [6, 6.07) is 14.3. The molecule has 0 aliphatic rings. The van der Waals surface area contributed by atoms with Crippen LogP contribution in [0, 0.1) is 0 Å². The first-order valence-electron chi connectivity index (χ1n) is 8.40. The van der Waals surface area contributed by atoms with Gasteiger partial charge in [-0.1, -0.05) is 65.7 Å². The van der Waals surface area contributed by atoms with E-state index < -0.39 is 0 Å². The molecule has 3 heterocycles. The highest BCUT2D eigenvalue weighted by molar-refractivity contribution is 6.33. The zero-order valence-electron chi connectivity index (χ0n) is 14.8. The Bertz CT molecular complexity index is 1290. The van der Waals surface area contributed by atoms with Crippen molar-refractivity contribution < 1.29 is 0 Å². The molecule has 0 unspecified atom stereocenters. The number of imidazole rings is 1. The van der Waals surface area contributed by atoms with Gasteiger partial charge in [0.05, 0.1) is 0 Å². The molecular formula is C19H14Cl2N8. The molecule has 0 saturated heterocycles. The maximum atomic E-state index is 6.05. The summed E-state index contributed by atoms with van der Waals surface area (Å²) in [4.78, 5) is 23.0. The first-order valence-corrected chi connectivity index (χ1v) is 9.16. The molecule has 144 valence electrons. The lowest BCUT2D eigenvalue weighted by Crippen LogP contribution is -1.99. The van der Waals surface area contributed by atoms with Crippen LogP contribution in [0.4, 0.5) is 11.5 Å². The third-order valence-electron chi connectivity index (χ3n) is 4.15. The van der Waals surface area contributed by atoms with Crippen molar-refractivity contribution in [3.05, 3.63) is 65.4 Å². The number of H-pyrrole nitrogens is 1. The number of halogens is 2. The summed E-state index contributed by atoms with van der Waals surface area (Å²) < 4.78 is 0. The number of aromatic amines is 1. The third kappa shape index (κ3) is 3.75. The van der Waals surface area contributed by atoms with E-state index >= 15 is 0 Å². The Morgan fingerprint density at radius 2 is 1.52 bits per heavy atom. The SMILES string of the molecule is Clc1ncnc2nc(-c3cccc4ccccc34)[nH]c12.Nc1ncnc(Cl)c1N. The first-order chi connectivity index (χ1) is 14.0. The van der Waals surface area contributed by atoms with E-state index in [1.54, 1.807) is 0 Å². The quantitative estimate of drug-likeness (QED) is 0.344. The third-order valence-corrected chi connectivity index (χ3v) is 4.74. The van der Waals surface area contributed by atoms with Crippen molar-refractivity contribution in [1.82, 2.24) is 29.9 Å². The van der Waals surface area contributed by atoms with Gasteiger partial charge < -0.3 is 16.5 Å². The average Bonchev–Trinajstić information content (AvgIpc) is 3.18. The lowest BCUT2D eigenvalue weighted by atomic mass is 10.0. The van der Waals surface area contributed by atoms with Gasteiger partial charge >= 0.3 is 0 Å². The number of nitrogen functional groups attached to an aromatic ring is 2. The molecule has 0 atom stereocenters. The summed E-state index contributed by atoms with van der Waals surface area (Å²) in [5, 5.41) is 2.89. The zero-order chi connectivity index (χ0) is 20.4. The Kier molecular flexibility index (Phi) is 5.11. The highest BCUT2D eigenvalue weighted by Crippen LogP contribution is 2.28. The van der Waals surface area contributed by atoms with Crippen molar-refractivity contribution in [3.63, 3.8) is 0 Å². The van der Waals surface area contributed by atoms with Crippen LogP contribution in [-0.2, 0) is 0 Å². The van der Waals surface area contributed by atoms with Gasteiger partial charge in [0.15, 0.2) is 21.8 Å². The molecule has 8 nitrogen and oxygen atoms in total. The number of benzene rings is 2. The predicted molar refractivity (Wildman–Crippen MR) is 116 cm³/mol. The number of nitrogens with zero attached hydrogens (tertiary/aromatic N) is 5. The smallest absolute Gasteiger partial charge is 0.182 e. The molecule has 2 aromatic carbocycles. The fourth-order valence-electron chi connectivity index (χ4n) is 2.75. The standard InChI is InChI=1S/C15H9ClN4.C4H5ClN4/c16-13-12-15(18-8-17-13)20-14(19-12)11-7-3-5-9-4-1-2-6-10(9)11;5-3-2(6)4(7)9-1-8-3/h1-8H,(H,17,18,19,20);1H,6H2,(H2,7,8,9). The molecule has 0 fully saturated rings. The van der Waals surface area contributed by atoms with Crippen molar-refractivity contribution in [3.8, 4) is 11.4 Å². The second-order valence-electron chi connectivity index (χ2n) is 5.94. The molecule has 0 aliphatic heterocycles. The van der Waals surface area contributed by atoms with E-state index in [1.807, 2.05) is 24.3 Å². The van der Waals surface area contributed by atoms with Gasteiger partial charge in [0.2, 0.25) is 0 Å². The molecular weight excluding hydrogens is 411 g/mol. The van der Waals surface area contributed by atoms with Gasteiger partial charge in [-0.25, -0.2) is 24.9 Å². The summed E-state index contributed by atoms with van der Waals surface area (Å²) in [6.07, 6.45) is 2.67. The molecule has 5 rings (SSSR count). The van der Waals surface area contributed by atoms with Crippen molar-refractivity contribution in [1.29, 1.82) is 0 Å². The highest BCUT2D eigenvalue weighted by atomic mass is 35.5. The van der Waals surface area contributed by atoms with Crippen LogP contribution in [0.3, 0.4) is 0 Å². The molecule has 0 radical (unpaired) electrons. The average molecular weight is 425 g/mol. The van der Waals surface area contributed by atoms with E-state index in [2.05, 4.69) is 48.1 Å². The van der Waals surface area contributed by atoms with Crippen LogP contribution in [0.1, 0.15) is 0 Å². The minimum absolute atomic E-state index is 0.197. The first kappa shape index (κ1) is 18.9. The highest BCUT2D eigenvalue weighted by Gasteiger charge is 2.11. The van der Waals surface area contributed by atoms with E-state index in [0.717, 1.165) is 16.8 Å². The van der Waals surface area contributed by atoms with Crippen LogP contribution in [0.25, 0.3) is 33.3 Å². The number of aromatic nitrogens is 6. The number of anilines is 2. The number of nitrogens with two attached hydrogens (primary N) is 2. The van der Waals surface area contributed by atoms with E-state index in [0.29, 0.717) is 16.3 Å². The van der Waals surface area contributed by atoms with Crippen molar-refractivity contribution >= 4 is 56.6 Å². The Morgan fingerprint density at radius 3 is 2.28 bits per heavy atom. The van der Waals surface area contributed by atoms with Crippen LogP contribution in [0.5, 0.6) is 0 Å². The second kappa shape index (κ2) is 7.86. The summed E-state index contributed by atoms with van der Waals surface area (Å²) >= 11 is 11.5. The lowest BCUT2D eigenvalue weighted by molar-refractivity contribution is 1.18. The van der Waals surface area contributed by atoms with Crippen molar-refractivity contribution in [2.24, 2.45) is 0 Å². The molecule has 0 aliphatic carbocycles.